The molecule has 112 valence electrons. The first-order chi connectivity index (χ1) is 10.3. The monoisotopic (exact) mass is 287 g/mol. The number of hydrogen-bond acceptors (Lipinski definition) is 3. The van der Waals surface area contributed by atoms with Crippen molar-refractivity contribution in [3.05, 3.63) is 54.6 Å². The number of carbonyl (C=O) groups is 1. The lowest BCUT2D eigenvalue weighted by Crippen LogP contribution is -2.39. The minimum atomic E-state index is -0.0853. The molecule has 0 bridgehead atoms. The Labute approximate surface area is 125 Å². The maximum Gasteiger partial charge on any atom is 0.246 e. The smallest absolute Gasteiger partial charge is 0.246 e. The summed E-state index contributed by atoms with van der Waals surface area (Å²) in [6.45, 7) is 3.30. The lowest BCUT2D eigenvalue weighted by Gasteiger charge is -2.17. The van der Waals surface area contributed by atoms with Crippen LogP contribution in [0.3, 0.4) is 0 Å². The Bertz CT molecular complexity index is 526. The summed E-state index contributed by atoms with van der Waals surface area (Å²) in [6.07, 6.45) is 6.24. The first-order valence-electron chi connectivity index (χ1n) is 7.14. The fraction of sp³-hybridized carbons (Fsp3) is 0.375. The highest BCUT2D eigenvalue weighted by molar-refractivity contribution is 5.77. The third kappa shape index (κ3) is 5.39. The lowest BCUT2D eigenvalue weighted by atomic mass is 10.2. The van der Waals surface area contributed by atoms with E-state index in [-0.39, 0.29) is 18.6 Å². The summed E-state index contributed by atoms with van der Waals surface area (Å²) in [5.74, 6) is -0.0853. The van der Waals surface area contributed by atoms with Gasteiger partial charge >= 0.3 is 0 Å². The number of rotatable bonds is 8. The largest absolute Gasteiger partial charge is 0.367 e. The molecule has 5 heteroatoms. The zero-order valence-electron chi connectivity index (χ0n) is 12.2. The van der Waals surface area contributed by atoms with Crippen molar-refractivity contribution in [2.45, 2.75) is 32.5 Å². The number of aromatic nitrogens is 2. The van der Waals surface area contributed by atoms with Crippen molar-refractivity contribution in [1.82, 2.24) is 14.9 Å². The van der Waals surface area contributed by atoms with E-state index in [1.807, 2.05) is 48.0 Å². The SMILES string of the molecule is CC[C@H](Cn1ccnc1)NC(=O)COCc1ccccc1. The van der Waals surface area contributed by atoms with Crippen molar-refractivity contribution in [3.63, 3.8) is 0 Å². The first kappa shape index (κ1) is 15.3. The quantitative estimate of drug-likeness (QED) is 0.808. The number of ether oxygens (including phenoxy) is 1. The van der Waals surface area contributed by atoms with E-state index < -0.39 is 0 Å². The van der Waals surface area contributed by atoms with Crippen LogP contribution in [0.15, 0.2) is 49.1 Å². The van der Waals surface area contributed by atoms with Gasteiger partial charge in [-0.15, -0.1) is 0 Å². The molecule has 0 unspecified atom stereocenters. The zero-order valence-corrected chi connectivity index (χ0v) is 12.2. The minimum absolute atomic E-state index is 0.0787. The maximum absolute atomic E-state index is 11.9. The van der Waals surface area contributed by atoms with E-state index in [4.69, 9.17) is 4.74 Å². The highest BCUT2D eigenvalue weighted by Crippen LogP contribution is 2.01. The fourth-order valence-electron chi connectivity index (χ4n) is 2.03. The van der Waals surface area contributed by atoms with Crippen molar-refractivity contribution in [1.29, 1.82) is 0 Å². The molecule has 0 fully saturated rings. The van der Waals surface area contributed by atoms with E-state index in [1.54, 1.807) is 12.5 Å². The van der Waals surface area contributed by atoms with Crippen LogP contribution in [0.25, 0.3) is 0 Å². The van der Waals surface area contributed by atoms with Gasteiger partial charge in [0.05, 0.1) is 12.9 Å². The van der Waals surface area contributed by atoms with Crippen LogP contribution in [0.1, 0.15) is 18.9 Å². The van der Waals surface area contributed by atoms with Crippen molar-refractivity contribution in [3.8, 4) is 0 Å². The van der Waals surface area contributed by atoms with Gasteiger partial charge in [0.1, 0.15) is 6.61 Å². The molecule has 21 heavy (non-hydrogen) atoms. The van der Waals surface area contributed by atoms with Crippen LogP contribution < -0.4 is 5.32 Å². The Kier molecular flexibility index (Phi) is 5.97. The first-order valence-corrected chi connectivity index (χ1v) is 7.14. The Balaban J connectivity index is 1.70. The highest BCUT2D eigenvalue weighted by Gasteiger charge is 2.11. The molecule has 1 amide bonds. The molecule has 1 N–H and O–H groups in total. The third-order valence-corrected chi connectivity index (χ3v) is 3.19. The van der Waals surface area contributed by atoms with Crippen molar-refractivity contribution < 1.29 is 9.53 Å². The molecule has 0 saturated carbocycles. The summed E-state index contributed by atoms with van der Waals surface area (Å²) < 4.78 is 7.39. The molecule has 1 atom stereocenters. The molecule has 1 aromatic heterocycles. The summed E-state index contributed by atoms with van der Waals surface area (Å²) >= 11 is 0. The number of amides is 1. The maximum atomic E-state index is 11.9. The predicted octanol–water partition coefficient (Wildman–Crippen LogP) is 1.99. The second-order valence-corrected chi connectivity index (χ2v) is 4.91. The summed E-state index contributed by atoms with van der Waals surface area (Å²) in [5, 5.41) is 2.98. The predicted molar refractivity (Wildman–Crippen MR) is 80.5 cm³/mol. The standard InChI is InChI=1S/C16H21N3O2/c1-2-15(10-19-9-8-17-13-19)18-16(20)12-21-11-14-6-4-3-5-7-14/h3-9,13,15H,2,10-12H2,1H3,(H,18,20)/t15-/m1/s1. The van der Waals surface area contributed by atoms with Crippen molar-refractivity contribution >= 4 is 5.91 Å². The number of nitrogens with zero attached hydrogens (tertiary/aromatic N) is 2. The van der Waals surface area contributed by atoms with Gasteiger partial charge in [-0.25, -0.2) is 4.98 Å². The number of imidazole rings is 1. The summed E-state index contributed by atoms with van der Waals surface area (Å²) in [6, 6.07) is 9.91. The molecule has 0 aliphatic heterocycles. The second kappa shape index (κ2) is 8.21. The topological polar surface area (TPSA) is 56.2 Å². The van der Waals surface area contributed by atoms with Gasteiger partial charge in [0, 0.05) is 25.0 Å². The van der Waals surface area contributed by atoms with Crippen LogP contribution in [0.4, 0.5) is 0 Å². The average molecular weight is 287 g/mol. The number of carbonyl (C=O) groups excluding carboxylic acids is 1. The summed E-state index contributed by atoms with van der Waals surface area (Å²) in [4.78, 5) is 15.9. The number of hydrogen-bond donors (Lipinski definition) is 1. The Hall–Kier alpha value is -2.14. The van der Waals surface area contributed by atoms with Gasteiger partial charge in [0.25, 0.3) is 0 Å². The molecule has 0 saturated heterocycles. The van der Waals surface area contributed by atoms with Crippen LogP contribution in [-0.4, -0.2) is 28.1 Å². The molecule has 0 aliphatic rings. The molecule has 0 aliphatic carbocycles. The summed E-state index contributed by atoms with van der Waals surface area (Å²) in [7, 11) is 0. The fourth-order valence-corrected chi connectivity index (χ4v) is 2.03. The van der Waals surface area contributed by atoms with Crippen LogP contribution in [-0.2, 0) is 22.7 Å². The van der Waals surface area contributed by atoms with Crippen LogP contribution >= 0.6 is 0 Å². The second-order valence-electron chi connectivity index (χ2n) is 4.91. The molecular weight excluding hydrogens is 266 g/mol. The van der Waals surface area contributed by atoms with Gasteiger partial charge in [-0.3, -0.25) is 4.79 Å². The minimum Gasteiger partial charge on any atom is -0.367 e. The van der Waals surface area contributed by atoms with Crippen LogP contribution in [0, 0.1) is 0 Å². The van der Waals surface area contributed by atoms with Gasteiger partial charge in [0.15, 0.2) is 0 Å². The van der Waals surface area contributed by atoms with E-state index in [0.717, 1.165) is 18.5 Å². The molecular formula is C16H21N3O2. The van der Waals surface area contributed by atoms with Gasteiger partial charge < -0.3 is 14.6 Å². The van der Waals surface area contributed by atoms with Gasteiger partial charge in [-0.05, 0) is 12.0 Å². The van der Waals surface area contributed by atoms with E-state index in [2.05, 4.69) is 10.3 Å². The van der Waals surface area contributed by atoms with Crippen LogP contribution in [0.5, 0.6) is 0 Å². The van der Waals surface area contributed by atoms with Crippen LogP contribution in [0.2, 0.25) is 0 Å². The number of nitrogens with one attached hydrogen (secondary N) is 1. The molecule has 2 rings (SSSR count). The van der Waals surface area contributed by atoms with E-state index >= 15 is 0 Å². The lowest BCUT2D eigenvalue weighted by molar-refractivity contribution is -0.126. The van der Waals surface area contributed by atoms with Gasteiger partial charge in [0.2, 0.25) is 5.91 Å². The molecule has 1 heterocycles. The van der Waals surface area contributed by atoms with Gasteiger partial charge in [-0.1, -0.05) is 37.3 Å². The Morgan fingerprint density at radius 3 is 2.86 bits per heavy atom. The van der Waals surface area contributed by atoms with Crippen molar-refractivity contribution in [2.24, 2.45) is 0 Å². The van der Waals surface area contributed by atoms with Crippen molar-refractivity contribution in [2.75, 3.05) is 6.61 Å². The highest BCUT2D eigenvalue weighted by atomic mass is 16.5. The third-order valence-electron chi connectivity index (χ3n) is 3.19. The molecule has 2 aromatic rings. The number of benzene rings is 1. The molecule has 0 radical (unpaired) electrons. The van der Waals surface area contributed by atoms with Gasteiger partial charge in [-0.2, -0.15) is 0 Å². The van der Waals surface area contributed by atoms with E-state index in [1.165, 1.54) is 0 Å². The Morgan fingerprint density at radius 1 is 1.38 bits per heavy atom. The Morgan fingerprint density at radius 2 is 2.19 bits per heavy atom. The molecule has 5 nitrogen and oxygen atoms in total. The molecule has 0 spiro atoms. The normalized spacial score (nSPS) is 12.0. The summed E-state index contributed by atoms with van der Waals surface area (Å²) in [5.41, 5.74) is 1.07. The molecule has 1 aromatic carbocycles. The van der Waals surface area contributed by atoms with E-state index in [0.29, 0.717) is 6.61 Å². The zero-order chi connectivity index (χ0) is 14.9. The van der Waals surface area contributed by atoms with E-state index in [9.17, 15) is 4.79 Å². The average Bonchev–Trinajstić information content (AvgIpc) is 3.00.